The quantitative estimate of drug-likeness (QED) is 0.801. The van der Waals surface area contributed by atoms with E-state index in [0.717, 1.165) is 5.82 Å². The largest absolute Gasteiger partial charge is 0.462 e. The second-order valence-corrected chi connectivity index (χ2v) is 6.13. The van der Waals surface area contributed by atoms with Crippen LogP contribution in [0.3, 0.4) is 0 Å². The second kappa shape index (κ2) is 5.78. The Morgan fingerprint density at radius 1 is 1.50 bits per heavy atom. The van der Waals surface area contributed by atoms with Crippen molar-refractivity contribution >= 4 is 10.0 Å². The molecule has 2 N–H and O–H groups in total. The van der Waals surface area contributed by atoms with Gasteiger partial charge in [0.15, 0.2) is 0 Å². The van der Waals surface area contributed by atoms with Crippen LogP contribution in [0.4, 0.5) is 0 Å². The molecule has 2 heterocycles. The summed E-state index contributed by atoms with van der Waals surface area (Å²) in [6.45, 7) is 1.46. The molecule has 0 unspecified atom stereocenters. The van der Waals surface area contributed by atoms with Crippen molar-refractivity contribution in [1.29, 1.82) is 0 Å². The number of furan rings is 1. The smallest absolute Gasteiger partial charge is 0.244 e. The first-order chi connectivity index (χ1) is 9.44. The molecule has 0 amide bonds. The van der Waals surface area contributed by atoms with Crippen molar-refractivity contribution in [2.24, 2.45) is 7.05 Å². The number of imidazole rings is 1. The third-order valence-electron chi connectivity index (χ3n) is 2.93. The Hall–Kier alpha value is -1.64. The highest BCUT2D eigenvalue weighted by atomic mass is 32.2. The van der Waals surface area contributed by atoms with Crippen LogP contribution in [0.1, 0.15) is 17.3 Å². The van der Waals surface area contributed by atoms with Crippen molar-refractivity contribution in [3.05, 3.63) is 35.8 Å². The summed E-state index contributed by atoms with van der Waals surface area (Å²) in [5.41, 5.74) is 0. The van der Waals surface area contributed by atoms with Crippen molar-refractivity contribution in [3.63, 3.8) is 0 Å². The average molecular weight is 299 g/mol. The van der Waals surface area contributed by atoms with Crippen LogP contribution in [0, 0.1) is 6.92 Å². The summed E-state index contributed by atoms with van der Waals surface area (Å²) < 4.78 is 33.7. The molecule has 0 bridgehead atoms. The standard InChI is InChI=1S/C12H17N3O4S/c1-9-11(7-10(8-16)19-9)20(17,18)14-4-3-12-13-5-6-15(12)2/h5-7,14,16H,3-4,8H2,1-2H3. The maximum Gasteiger partial charge on any atom is 0.244 e. The second-order valence-electron chi connectivity index (χ2n) is 4.39. The van der Waals surface area contributed by atoms with Gasteiger partial charge in [-0.25, -0.2) is 18.1 Å². The van der Waals surface area contributed by atoms with Crippen molar-refractivity contribution < 1.29 is 17.9 Å². The highest BCUT2D eigenvalue weighted by Gasteiger charge is 2.20. The van der Waals surface area contributed by atoms with Crippen molar-refractivity contribution in [1.82, 2.24) is 14.3 Å². The molecule has 2 aromatic rings. The van der Waals surface area contributed by atoms with Gasteiger partial charge in [-0.2, -0.15) is 0 Å². The lowest BCUT2D eigenvalue weighted by atomic mass is 10.4. The Balaban J connectivity index is 2.04. The third kappa shape index (κ3) is 3.09. The summed E-state index contributed by atoms with van der Waals surface area (Å²) in [4.78, 5) is 4.18. The van der Waals surface area contributed by atoms with Gasteiger partial charge in [0.05, 0.1) is 0 Å². The predicted octanol–water partition coefficient (Wildman–Crippen LogP) is 0.335. The molecule has 0 radical (unpaired) electrons. The normalized spacial score (nSPS) is 11.9. The van der Waals surface area contributed by atoms with Crippen molar-refractivity contribution in [3.8, 4) is 0 Å². The zero-order valence-electron chi connectivity index (χ0n) is 11.3. The van der Waals surface area contributed by atoms with Crippen molar-refractivity contribution in [2.75, 3.05) is 6.54 Å². The average Bonchev–Trinajstić information content (AvgIpc) is 2.96. The zero-order chi connectivity index (χ0) is 14.8. The van der Waals surface area contributed by atoms with Gasteiger partial charge in [0.25, 0.3) is 0 Å². The number of hydrogen-bond donors (Lipinski definition) is 2. The van der Waals surface area contributed by atoms with E-state index in [1.807, 2.05) is 11.6 Å². The highest BCUT2D eigenvalue weighted by molar-refractivity contribution is 7.89. The van der Waals surface area contributed by atoms with Crippen LogP contribution in [0.25, 0.3) is 0 Å². The molecule has 0 atom stereocenters. The monoisotopic (exact) mass is 299 g/mol. The predicted molar refractivity (Wildman–Crippen MR) is 71.5 cm³/mol. The summed E-state index contributed by atoms with van der Waals surface area (Å²) in [5, 5.41) is 8.95. The molecule has 2 rings (SSSR count). The Kier molecular flexibility index (Phi) is 4.26. The van der Waals surface area contributed by atoms with E-state index >= 15 is 0 Å². The molecule has 8 heteroatoms. The molecular weight excluding hydrogens is 282 g/mol. The summed E-state index contributed by atoms with van der Waals surface area (Å²) in [6.07, 6.45) is 3.96. The number of nitrogens with one attached hydrogen (secondary N) is 1. The summed E-state index contributed by atoms with van der Waals surface area (Å²) >= 11 is 0. The number of nitrogens with zero attached hydrogens (tertiary/aromatic N) is 2. The van der Waals surface area contributed by atoms with E-state index in [1.165, 1.54) is 6.07 Å². The molecule has 2 aromatic heterocycles. The van der Waals surface area contributed by atoms with Crippen LogP contribution >= 0.6 is 0 Å². The van der Waals surface area contributed by atoms with Gasteiger partial charge >= 0.3 is 0 Å². The van der Waals surface area contributed by atoms with Crippen LogP contribution < -0.4 is 4.72 Å². The Morgan fingerprint density at radius 2 is 2.25 bits per heavy atom. The van der Waals surface area contributed by atoms with Gasteiger partial charge in [-0.3, -0.25) is 0 Å². The lowest BCUT2D eigenvalue weighted by molar-refractivity contribution is 0.244. The van der Waals surface area contributed by atoms with Gasteiger partial charge in [-0.05, 0) is 6.92 Å². The molecule has 0 saturated heterocycles. The first kappa shape index (κ1) is 14.8. The van der Waals surface area contributed by atoms with E-state index in [1.54, 1.807) is 19.3 Å². The van der Waals surface area contributed by atoms with Gasteiger partial charge in [-0.1, -0.05) is 0 Å². The Bertz CT molecular complexity index is 687. The molecule has 0 fully saturated rings. The molecule has 0 aliphatic rings. The minimum Gasteiger partial charge on any atom is -0.462 e. The minimum absolute atomic E-state index is 0.0568. The lowest BCUT2D eigenvalue weighted by Crippen LogP contribution is -2.26. The molecule has 7 nitrogen and oxygen atoms in total. The van der Waals surface area contributed by atoms with E-state index in [-0.39, 0.29) is 29.6 Å². The van der Waals surface area contributed by atoms with Crippen LogP contribution in [0.2, 0.25) is 0 Å². The fourth-order valence-electron chi connectivity index (χ4n) is 1.88. The van der Waals surface area contributed by atoms with Gasteiger partial charge < -0.3 is 14.1 Å². The summed E-state index contributed by atoms with van der Waals surface area (Å²) in [6, 6.07) is 1.33. The van der Waals surface area contributed by atoms with E-state index in [4.69, 9.17) is 9.52 Å². The number of hydrogen-bond acceptors (Lipinski definition) is 5. The molecule has 0 aromatic carbocycles. The minimum atomic E-state index is -3.64. The maximum absolute atomic E-state index is 12.1. The number of rotatable bonds is 6. The van der Waals surface area contributed by atoms with Gasteiger partial charge in [-0.15, -0.1) is 0 Å². The highest BCUT2D eigenvalue weighted by Crippen LogP contribution is 2.19. The zero-order valence-corrected chi connectivity index (χ0v) is 12.1. The van der Waals surface area contributed by atoms with Crippen LogP contribution in [-0.4, -0.2) is 29.6 Å². The van der Waals surface area contributed by atoms with Gasteiger partial charge in [0.1, 0.15) is 28.8 Å². The molecule has 0 saturated carbocycles. The number of aliphatic hydroxyl groups excluding tert-OH is 1. The van der Waals surface area contributed by atoms with Crippen LogP contribution in [-0.2, 0) is 30.1 Å². The lowest BCUT2D eigenvalue weighted by Gasteiger charge is -2.05. The fourth-order valence-corrected chi connectivity index (χ4v) is 3.11. The fraction of sp³-hybridized carbons (Fsp3) is 0.417. The summed E-state index contributed by atoms with van der Waals surface area (Å²) in [5.74, 6) is 1.29. The first-order valence-electron chi connectivity index (χ1n) is 6.10. The SMILES string of the molecule is Cc1oc(CO)cc1S(=O)(=O)NCCc1nccn1C. The molecular formula is C12H17N3O4S. The topological polar surface area (TPSA) is 97.4 Å². The maximum atomic E-state index is 12.1. The number of sulfonamides is 1. The van der Waals surface area contributed by atoms with Crippen LogP contribution in [0.15, 0.2) is 27.8 Å². The molecule has 20 heavy (non-hydrogen) atoms. The van der Waals surface area contributed by atoms with E-state index in [2.05, 4.69) is 9.71 Å². The number of aliphatic hydroxyl groups is 1. The summed E-state index contributed by atoms with van der Waals surface area (Å²) in [7, 11) is -1.79. The Labute approximate surface area is 117 Å². The Morgan fingerprint density at radius 3 is 2.80 bits per heavy atom. The van der Waals surface area contributed by atoms with Crippen LogP contribution in [0.5, 0.6) is 0 Å². The molecule has 0 spiro atoms. The molecule has 0 aliphatic carbocycles. The van der Waals surface area contributed by atoms with Gasteiger partial charge in [0.2, 0.25) is 10.0 Å². The molecule has 110 valence electrons. The van der Waals surface area contributed by atoms with E-state index in [0.29, 0.717) is 6.42 Å². The van der Waals surface area contributed by atoms with E-state index in [9.17, 15) is 8.42 Å². The van der Waals surface area contributed by atoms with E-state index < -0.39 is 10.0 Å². The first-order valence-corrected chi connectivity index (χ1v) is 7.58. The van der Waals surface area contributed by atoms with Gasteiger partial charge in [0, 0.05) is 38.5 Å². The number of aromatic nitrogens is 2. The molecule has 0 aliphatic heterocycles. The van der Waals surface area contributed by atoms with Crippen molar-refractivity contribution in [2.45, 2.75) is 24.8 Å². The third-order valence-corrected chi connectivity index (χ3v) is 4.50. The number of aryl methyl sites for hydroxylation is 2.